The summed E-state index contributed by atoms with van der Waals surface area (Å²) in [6.07, 6.45) is 0. The second-order valence-electron chi connectivity index (χ2n) is 7.70. The van der Waals surface area contributed by atoms with E-state index >= 15 is 0 Å². The molecule has 0 atom stereocenters. The maximum Gasteiger partial charge on any atom is 0.283 e. The molecule has 0 unspecified atom stereocenters. The van der Waals surface area contributed by atoms with E-state index in [1.165, 1.54) is 35.0 Å². The van der Waals surface area contributed by atoms with Crippen LogP contribution in [-0.4, -0.2) is 24.1 Å². The first kappa shape index (κ1) is 22.4. The lowest BCUT2D eigenvalue weighted by atomic mass is 10.0. The maximum absolute atomic E-state index is 13.4. The molecule has 1 N–H and O–H groups in total. The molecule has 3 aromatic carbocycles. The van der Waals surface area contributed by atoms with Crippen LogP contribution in [-0.2, 0) is 16.6 Å². The third kappa shape index (κ3) is 4.85. The maximum atomic E-state index is 13.4. The van der Waals surface area contributed by atoms with E-state index in [9.17, 15) is 17.6 Å². The smallest absolute Gasteiger partial charge is 0.266 e. The summed E-state index contributed by atoms with van der Waals surface area (Å²) < 4.78 is 42.4. The molecule has 0 spiro atoms. The first-order valence-corrected chi connectivity index (χ1v) is 11.7. The van der Waals surface area contributed by atoms with Crippen molar-refractivity contribution >= 4 is 15.9 Å². The Kier molecular flexibility index (Phi) is 6.11. The molecule has 0 aliphatic rings. The molecule has 0 fully saturated rings. The quantitative estimate of drug-likeness (QED) is 0.457. The van der Waals surface area contributed by atoms with Gasteiger partial charge in [-0.15, -0.1) is 0 Å². The number of carbonyl (C=O) groups is 1. The van der Waals surface area contributed by atoms with Gasteiger partial charge in [-0.2, -0.15) is 5.10 Å². The largest absolute Gasteiger partial charge is 0.283 e. The van der Waals surface area contributed by atoms with Gasteiger partial charge < -0.3 is 0 Å². The highest BCUT2D eigenvalue weighted by Crippen LogP contribution is 2.23. The van der Waals surface area contributed by atoms with E-state index < -0.39 is 15.9 Å². The van der Waals surface area contributed by atoms with E-state index in [1.807, 2.05) is 32.0 Å². The second-order valence-corrected chi connectivity index (χ2v) is 9.38. The van der Waals surface area contributed by atoms with Gasteiger partial charge in [0, 0.05) is 5.56 Å². The Hall–Kier alpha value is -3.78. The van der Waals surface area contributed by atoms with Gasteiger partial charge in [0.25, 0.3) is 15.9 Å². The number of aromatic nitrogens is 2. The van der Waals surface area contributed by atoms with E-state index in [2.05, 4.69) is 9.82 Å². The highest BCUT2D eigenvalue weighted by Gasteiger charge is 2.23. The highest BCUT2D eigenvalue weighted by atomic mass is 32.2. The third-order valence-electron chi connectivity index (χ3n) is 5.39. The van der Waals surface area contributed by atoms with Crippen LogP contribution in [0.15, 0.2) is 83.8 Å². The number of amides is 1. The molecular formula is C25H22FN3O3S. The number of sulfonamides is 1. The van der Waals surface area contributed by atoms with E-state index in [0.717, 1.165) is 16.7 Å². The van der Waals surface area contributed by atoms with Gasteiger partial charge in [0.1, 0.15) is 11.5 Å². The fourth-order valence-corrected chi connectivity index (χ4v) is 4.54. The van der Waals surface area contributed by atoms with Gasteiger partial charge in [-0.3, -0.25) is 9.48 Å². The number of halogens is 1. The molecule has 33 heavy (non-hydrogen) atoms. The second kappa shape index (κ2) is 8.99. The minimum Gasteiger partial charge on any atom is -0.266 e. The fraction of sp³-hybridized carbons (Fsp3) is 0.120. The van der Waals surface area contributed by atoms with Gasteiger partial charge in [0.05, 0.1) is 17.1 Å². The molecule has 6 nitrogen and oxygen atoms in total. The van der Waals surface area contributed by atoms with E-state index in [1.54, 1.807) is 30.3 Å². The molecule has 0 aliphatic heterocycles. The van der Waals surface area contributed by atoms with Gasteiger partial charge in [-0.1, -0.05) is 36.4 Å². The Morgan fingerprint density at radius 2 is 1.58 bits per heavy atom. The van der Waals surface area contributed by atoms with E-state index in [0.29, 0.717) is 11.3 Å². The Morgan fingerprint density at radius 1 is 0.939 bits per heavy atom. The van der Waals surface area contributed by atoms with Crippen molar-refractivity contribution in [2.24, 2.45) is 0 Å². The van der Waals surface area contributed by atoms with Gasteiger partial charge in [-0.05, 0) is 73.0 Å². The Labute approximate surface area is 191 Å². The summed E-state index contributed by atoms with van der Waals surface area (Å²) in [5, 5.41) is 4.55. The summed E-state index contributed by atoms with van der Waals surface area (Å²) in [5.74, 6) is -1.19. The topological polar surface area (TPSA) is 81.1 Å². The van der Waals surface area contributed by atoms with E-state index in [-0.39, 0.29) is 23.0 Å². The predicted molar refractivity (Wildman–Crippen MR) is 124 cm³/mol. The number of hydrogen-bond acceptors (Lipinski definition) is 4. The van der Waals surface area contributed by atoms with Crippen molar-refractivity contribution in [3.05, 3.63) is 107 Å². The minimum atomic E-state index is -4.06. The Bertz CT molecular complexity index is 1390. The molecule has 0 saturated heterocycles. The average molecular weight is 464 g/mol. The molecule has 0 radical (unpaired) electrons. The molecule has 4 aromatic rings. The molecule has 8 heteroatoms. The summed E-state index contributed by atoms with van der Waals surface area (Å²) in [7, 11) is -4.06. The molecule has 1 heterocycles. The Morgan fingerprint density at radius 3 is 2.21 bits per heavy atom. The van der Waals surface area contributed by atoms with Gasteiger partial charge in [-0.25, -0.2) is 17.5 Å². The molecule has 0 saturated carbocycles. The zero-order chi connectivity index (χ0) is 23.6. The summed E-state index contributed by atoms with van der Waals surface area (Å²) in [6, 6.07) is 20.8. The summed E-state index contributed by atoms with van der Waals surface area (Å²) in [6.45, 7) is 4.20. The van der Waals surface area contributed by atoms with Crippen molar-refractivity contribution in [1.29, 1.82) is 0 Å². The number of rotatable bonds is 6. The lowest BCUT2D eigenvalue weighted by Crippen LogP contribution is -2.32. The van der Waals surface area contributed by atoms with Gasteiger partial charge in [0.15, 0.2) is 0 Å². The number of hydrogen-bond donors (Lipinski definition) is 1. The van der Waals surface area contributed by atoms with Crippen LogP contribution in [0.1, 0.15) is 27.2 Å². The molecule has 1 aromatic heterocycles. The van der Waals surface area contributed by atoms with Crippen molar-refractivity contribution in [2.75, 3.05) is 0 Å². The summed E-state index contributed by atoms with van der Waals surface area (Å²) >= 11 is 0. The predicted octanol–water partition coefficient (Wildman–Crippen LogP) is 4.47. The molecule has 1 amide bonds. The lowest BCUT2D eigenvalue weighted by Gasteiger charge is -2.13. The first-order valence-electron chi connectivity index (χ1n) is 10.3. The number of nitrogens with one attached hydrogen (secondary N) is 1. The van der Waals surface area contributed by atoms with Crippen LogP contribution in [0, 0.1) is 19.7 Å². The molecule has 0 bridgehead atoms. The zero-order valence-corrected chi connectivity index (χ0v) is 18.9. The van der Waals surface area contributed by atoms with Crippen LogP contribution >= 0.6 is 0 Å². The number of aryl methyl sites for hydroxylation is 2. The van der Waals surface area contributed by atoms with Crippen LogP contribution in [0.25, 0.3) is 11.3 Å². The number of benzene rings is 3. The Balaban J connectivity index is 1.75. The van der Waals surface area contributed by atoms with Crippen LogP contribution in [0.5, 0.6) is 0 Å². The monoisotopic (exact) mass is 463 g/mol. The standard InChI is InChI=1S/C25H22FN3O3S/c1-17-7-6-8-18(2)22(17)16-29-24(15-23(27-29)19-11-13-20(26)14-12-19)25(30)28-33(31,32)21-9-4-3-5-10-21/h3-15H,16H2,1-2H3,(H,28,30). The van der Waals surface area contributed by atoms with Crippen molar-refractivity contribution in [1.82, 2.24) is 14.5 Å². The van der Waals surface area contributed by atoms with Crippen molar-refractivity contribution in [3.63, 3.8) is 0 Å². The SMILES string of the molecule is Cc1cccc(C)c1Cn1nc(-c2ccc(F)cc2)cc1C(=O)NS(=O)(=O)c1ccccc1. The molecule has 0 aliphatic carbocycles. The molecule has 168 valence electrons. The van der Waals surface area contributed by atoms with Crippen LogP contribution < -0.4 is 4.72 Å². The van der Waals surface area contributed by atoms with Gasteiger partial charge in [0.2, 0.25) is 0 Å². The first-order chi connectivity index (χ1) is 15.7. The van der Waals surface area contributed by atoms with Gasteiger partial charge >= 0.3 is 0 Å². The lowest BCUT2D eigenvalue weighted by molar-refractivity contribution is 0.0971. The van der Waals surface area contributed by atoms with Crippen LogP contribution in [0.4, 0.5) is 4.39 Å². The fourth-order valence-electron chi connectivity index (χ4n) is 3.56. The average Bonchev–Trinajstić information content (AvgIpc) is 3.21. The van der Waals surface area contributed by atoms with Crippen LogP contribution in [0.2, 0.25) is 0 Å². The number of carbonyl (C=O) groups excluding carboxylic acids is 1. The number of nitrogens with zero attached hydrogens (tertiary/aromatic N) is 2. The van der Waals surface area contributed by atoms with Crippen molar-refractivity contribution in [3.8, 4) is 11.3 Å². The van der Waals surface area contributed by atoms with Crippen molar-refractivity contribution < 1.29 is 17.6 Å². The summed E-state index contributed by atoms with van der Waals surface area (Å²) in [4.78, 5) is 13.1. The van der Waals surface area contributed by atoms with E-state index in [4.69, 9.17) is 0 Å². The molecule has 4 rings (SSSR count). The highest BCUT2D eigenvalue weighted by molar-refractivity contribution is 7.90. The normalized spacial score (nSPS) is 11.4. The summed E-state index contributed by atoms with van der Waals surface area (Å²) in [5.41, 5.74) is 4.15. The molecular weight excluding hydrogens is 441 g/mol. The third-order valence-corrected chi connectivity index (χ3v) is 6.73. The van der Waals surface area contributed by atoms with Crippen molar-refractivity contribution in [2.45, 2.75) is 25.3 Å². The van der Waals surface area contributed by atoms with Crippen LogP contribution in [0.3, 0.4) is 0 Å². The zero-order valence-electron chi connectivity index (χ0n) is 18.1. The minimum absolute atomic E-state index is 0.0158.